The average Bonchev–Trinajstić information content (AvgIpc) is 2.61. The van der Waals surface area contributed by atoms with Crippen LogP contribution in [-0.4, -0.2) is 10.2 Å². The molecule has 0 fully saturated rings. The maximum atomic E-state index is 8.65. The standard InChI is InChI=1S/C11H12N4/c1-11(2,3)10-9(7-14-15-10)4-8(5-12)6-13/h4,7H,1-3H3,(H,14,15). The third-order valence-electron chi connectivity index (χ3n) is 1.96. The van der Waals surface area contributed by atoms with E-state index >= 15 is 0 Å². The summed E-state index contributed by atoms with van der Waals surface area (Å²) in [7, 11) is 0. The Balaban J connectivity index is 3.20. The first-order chi connectivity index (χ1) is 6.99. The Labute approximate surface area is 88.8 Å². The van der Waals surface area contributed by atoms with E-state index in [2.05, 4.69) is 10.2 Å². The normalized spacial score (nSPS) is 10.2. The molecular weight excluding hydrogens is 188 g/mol. The second-order valence-corrected chi connectivity index (χ2v) is 4.23. The molecule has 0 bridgehead atoms. The molecule has 15 heavy (non-hydrogen) atoms. The largest absolute Gasteiger partial charge is 0.281 e. The van der Waals surface area contributed by atoms with Crippen molar-refractivity contribution in [3.63, 3.8) is 0 Å². The highest BCUT2D eigenvalue weighted by atomic mass is 15.1. The monoisotopic (exact) mass is 200 g/mol. The Bertz CT molecular complexity index is 444. The predicted octanol–water partition coefficient (Wildman–Crippen LogP) is 2.14. The minimum atomic E-state index is -0.0850. The maximum Gasteiger partial charge on any atom is 0.130 e. The molecule has 0 aliphatic heterocycles. The number of hydrogen-bond donors (Lipinski definition) is 1. The minimum absolute atomic E-state index is 0.0850. The molecule has 4 heteroatoms. The summed E-state index contributed by atoms with van der Waals surface area (Å²) in [6.07, 6.45) is 3.17. The first-order valence-corrected chi connectivity index (χ1v) is 4.55. The smallest absolute Gasteiger partial charge is 0.130 e. The maximum absolute atomic E-state index is 8.65. The van der Waals surface area contributed by atoms with E-state index in [4.69, 9.17) is 10.5 Å². The van der Waals surface area contributed by atoms with Gasteiger partial charge in [-0.2, -0.15) is 15.6 Å². The lowest BCUT2D eigenvalue weighted by atomic mass is 9.89. The van der Waals surface area contributed by atoms with Crippen LogP contribution >= 0.6 is 0 Å². The lowest BCUT2D eigenvalue weighted by Gasteiger charge is -2.16. The molecule has 0 radical (unpaired) electrons. The van der Waals surface area contributed by atoms with Crippen LogP contribution in [-0.2, 0) is 5.41 Å². The van der Waals surface area contributed by atoms with Crippen LogP contribution < -0.4 is 0 Å². The third kappa shape index (κ3) is 2.45. The van der Waals surface area contributed by atoms with Gasteiger partial charge >= 0.3 is 0 Å². The van der Waals surface area contributed by atoms with Gasteiger partial charge in [0.15, 0.2) is 0 Å². The quantitative estimate of drug-likeness (QED) is 0.705. The summed E-state index contributed by atoms with van der Waals surface area (Å²) in [4.78, 5) is 0. The van der Waals surface area contributed by atoms with Crippen LogP contribution in [0.2, 0.25) is 0 Å². The molecule has 0 aliphatic rings. The average molecular weight is 200 g/mol. The Morgan fingerprint density at radius 1 is 1.40 bits per heavy atom. The highest BCUT2D eigenvalue weighted by Crippen LogP contribution is 2.24. The Morgan fingerprint density at radius 3 is 2.47 bits per heavy atom. The number of nitriles is 2. The first kappa shape index (κ1) is 11.0. The van der Waals surface area contributed by atoms with Gasteiger partial charge in [-0.15, -0.1) is 0 Å². The van der Waals surface area contributed by atoms with Crippen molar-refractivity contribution in [2.45, 2.75) is 26.2 Å². The molecule has 1 N–H and O–H groups in total. The molecule has 0 saturated carbocycles. The van der Waals surface area contributed by atoms with Crippen LogP contribution in [0.1, 0.15) is 32.0 Å². The molecule has 1 aromatic heterocycles. The number of allylic oxidation sites excluding steroid dienone is 1. The lowest BCUT2D eigenvalue weighted by Crippen LogP contribution is -2.13. The molecular formula is C11H12N4. The zero-order chi connectivity index (χ0) is 11.5. The number of aromatic amines is 1. The molecule has 0 spiro atoms. The van der Waals surface area contributed by atoms with Crippen molar-refractivity contribution < 1.29 is 0 Å². The zero-order valence-electron chi connectivity index (χ0n) is 9.00. The van der Waals surface area contributed by atoms with Crippen LogP contribution in [0, 0.1) is 22.7 Å². The summed E-state index contributed by atoms with van der Waals surface area (Å²) >= 11 is 0. The second-order valence-electron chi connectivity index (χ2n) is 4.23. The fourth-order valence-electron chi connectivity index (χ4n) is 1.25. The summed E-state index contributed by atoms with van der Waals surface area (Å²) < 4.78 is 0. The van der Waals surface area contributed by atoms with E-state index in [0.717, 1.165) is 11.3 Å². The molecule has 1 rings (SSSR count). The number of nitrogens with one attached hydrogen (secondary N) is 1. The highest BCUT2D eigenvalue weighted by Gasteiger charge is 2.19. The van der Waals surface area contributed by atoms with Crippen LogP contribution in [0.4, 0.5) is 0 Å². The van der Waals surface area contributed by atoms with E-state index in [1.807, 2.05) is 32.9 Å². The summed E-state index contributed by atoms with van der Waals surface area (Å²) in [6, 6.07) is 3.65. The number of H-pyrrole nitrogens is 1. The van der Waals surface area contributed by atoms with Gasteiger partial charge in [-0.1, -0.05) is 20.8 Å². The molecule has 1 heterocycles. The number of nitrogens with zero attached hydrogens (tertiary/aromatic N) is 3. The first-order valence-electron chi connectivity index (χ1n) is 4.55. The van der Waals surface area contributed by atoms with E-state index in [1.165, 1.54) is 0 Å². The fourth-order valence-corrected chi connectivity index (χ4v) is 1.25. The van der Waals surface area contributed by atoms with Gasteiger partial charge in [0.05, 0.1) is 6.20 Å². The summed E-state index contributed by atoms with van der Waals surface area (Å²) in [5.41, 5.74) is 1.71. The van der Waals surface area contributed by atoms with Crippen molar-refractivity contribution in [1.82, 2.24) is 10.2 Å². The number of rotatable bonds is 1. The van der Waals surface area contributed by atoms with Crippen LogP contribution in [0.15, 0.2) is 11.8 Å². The van der Waals surface area contributed by atoms with Gasteiger partial charge in [-0.25, -0.2) is 0 Å². The van der Waals surface area contributed by atoms with Crippen LogP contribution in [0.3, 0.4) is 0 Å². The summed E-state index contributed by atoms with van der Waals surface area (Å²) in [6.45, 7) is 6.11. The van der Waals surface area contributed by atoms with Crippen molar-refractivity contribution in [3.05, 3.63) is 23.0 Å². The van der Waals surface area contributed by atoms with Crippen molar-refractivity contribution in [2.75, 3.05) is 0 Å². The van der Waals surface area contributed by atoms with Crippen molar-refractivity contribution in [1.29, 1.82) is 10.5 Å². The van der Waals surface area contributed by atoms with Gasteiger partial charge in [0.1, 0.15) is 17.7 Å². The summed E-state index contributed by atoms with van der Waals surface area (Å²) in [5.74, 6) is 0. The molecule has 0 aliphatic carbocycles. The minimum Gasteiger partial charge on any atom is -0.281 e. The van der Waals surface area contributed by atoms with E-state index in [1.54, 1.807) is 12.3 Å². The Morgan fingerprint density at radius 2 is 2.00 bits per heavy atom. The lowest BCUT2D eigenvalue weighted by molar-refractivity contribution is 0.565. The van der Waals surface area contributed by atoms with E-state index in [0.29, 0.717) is 0 Å². The van der Waals surface area contributed by atoms with Crippen molar-refractivity contribution in [3.8, 4) is 12.1 Å². The van der Waals surface area contributed by atoms with Gasteiger partial charge in [0.25, 0.3) is 0 Å². The van der Waals surface area contributed by atoms with Crippen molar-refractivity contribution >= 4 is 6.08 Å². The van der Waals surface area contributed by atoms with Crippen molar-refractivity contribution in [2.24, 2.45) is 0 Å². The molecule has 0 aromatic carbocycles. The highest BCUT2D eigenvalue weighted by molar-refractivity contribution is 5.63. The predicted molar refractivity (Wildman–Crippen MR) is 56.5 cm³/mol. The van der Waals surface area contributed by atoms with Gasteiger partial charge in [0, 0.05) is 16.7 Å². The third-order valence-corrected chi connectivity index (χ3v) is 1.96. The Kier molecular flexibility index (Phi) is 2.92. The van der Waals surface area contributed by atoms with Gasteiger partial charge in [-0.3, -0.25) is 5.10 Å². The topological polar surface area (TPSA) is 76.3 Å². The zero-order valence-corrected chi connectivity index (χ0v) is 9.00. The molecule has 0 atom stereocenters. The van der Waals surface area contributed by atoms with Crippen LogP contribution in [0.25, 0.3) is 6.08 Å². The Hall–Kier alpha value is -2.07. The van der Waals surface area contributed by atoms with E-state index < -0.39 is 0 Å². The summed E-state index contributed by atoms with van der Waals surface area (Å²) in [5, 5.41) is 24.1. The van der Waals surface area contributed by atoms with Crippen LogP contribution in [0.5, 0.6) is 0 Å². The van der Waals surface area contributed by atoms with Gasteiger partial charge in [0.2, 0.25) is 0 Å². The molecule has 0 unspecified atom stereocenters. The SMILES string of the molecule is CC(C)(C)c1[nH]ncc1C=C(C#N)C#N. The van der Waals surface area contributed by atoms with E-state index in [-0.39, 0.29) is 11.0 Å². The number of aromatic nitrogens is 2. The van der Waals surface area contributed by atoms with Gasteiger partial charge in [-0.05, 0) is 6.08 Å². The molecule has 0 saturated heterocycles. The molecule has 0 amide bonds. The molecule has 1 aromatic rings. The number of hydrogen-bond acceptors (Lipinski definition) is 3. The molecule has 4 nitrogen and oxygen atoms in total. The van der Waals surface area contributed by atoms with E-state index in [9.17, 15) is 0 Å². The molecule has 76 valence electrons. The van der Waals surface area contributed by atoms with Gasteiger partial charge < -0.3 is 0 Å². The second kappa shape index (κ2) is 3.98. The fraction of sp³-hybridized carbons (Fsp3) is 0.364.